The van der Waals surface area contributed by atoms with Crippen molar-refractivity contribution in [3.8, 4) is 0 Å². The van der Waals surface area contributed by atoms with Gasteiger partial charge in [0.25, 0.3) is 5.56 Å². The molecular formula is C23H21N3O2S. The highest BCUT2D eigenvalue weighted by atomic mass is 32.1. The molecule has 5 rings (SSSR count). The summed E-state index contributed by atoms with van der Waals surface area (Å²) in [6.07, 6.45) is 3.71. The van der Waals surface area contributed by atoms with Crippen molar-refractivity contribution in [1.82, 2.24) is 9.55 Å². The number of hydrogen-bond acceptors (Lipinski definition) is 4. The van der Waals surface area contributed by atoms with Gasteiger partial charge in [-0.2, -0.15) is 0 Å². The number of aryl methyl sites for hydroxylation is 2. The first kappa shape index (κ1) is 18.1. The van der Waals surface area contributed by atoms with Gasteiger partial charge in [-0.25, -0.2) is 4.98 Å². The molecule has 5 nitrogen and oxygen atoms in total. The summed E-state index contributed by atoms with van der Waals surface area (Å²) in [5, 5.41) is 3.06. The van der Waals surface area contributed by atoms with Crippen molar-refractivity contribution in [3.05, 3.63) is 74.6 Å². The van der Waals surface area contributed by atoms with Crippen LogP contribution in [0.5, 0.6) is 0 Å². The van der Waals surface area contributed by atoms with E-state index >= 15 is 0 Å². The number of amides is 1. The van der Waals surface area contributed by atoms with E-state index in [0.29, 0.717) is 12.2 Å². The molecule has 0 unspecified atom stereocenters. The number of hydrogen-bond donors (Lipinski definition) is 1. The maximum absolute atomic E-state index is 13.4. The lowest BCUT2D eigenvalue weighted by molar-refractivity contribution is -0.118. The molecule has 1 aliphatic rings. The lowest BCUT2D eigenvalue weighted by atomic mass is 10.0. The van der Waals surface area contributed by atoms with E-state index in [0.717, 1.165) is 51.4 Å². The summed E-state index contributed by atoms with van der Waals surface area (Å²) < 4.78 is 1.67. The van der Waals surface area contributed by atoms with Gasteiger partial charge in [-0.3, -0.25) is 14.2 Å². The summed E-state index contributed by atoms with van der Waals surface area (Å²) >= 11 is 1.65. The second-order valence-corrected chi connectivity index (χ2v) is 8.64. The molecule has 6 heteroatoms. The number of nitrogens with zero attached hydrogens (tertiary/aromatic N) is 2. The van der Waals surface area contributed by atoms with Crippen LogP contribution in [0.15, 0.2) is 47.3 Å². The maximum atomic E-state index is 13.4. The van der Waals surface area contributed by atoms with Gasteiger partial charge in [-0.05, 0) is 41.2 Å². The molecule has 29 heavy (non-hydrogen) atoms. The van der Waals surface area contributed by atoms with Crippen molar-refractivity contribution in [2.75, 3.05) is 0 Å². The molecule has 1 aliphatic carbocycles. The molecule has 0 aliphatic heterocycles. The Labute approximate surface area is 171 Å². The molecule has 0 radical (unpaired) electrons. The minimum atomic E-state index is -0.413. The molecule has 0 atom stereocenters. The van der Waals surface area contributed by atoms with Gasteiger partial charge in [-0.1, -0.05) is 42.5 Å². The Morgan fingerprint density at radius 2 is 1.97 bits per heavy atom. The predicted octanol–water partition coefficient (Wildman–Crippen LogP) is 3.57. The van der Waals surface area contributed by atoms with Crippen LogP contribution in [0.2, 0.25) is 0 Å². The molecule has 4 aromatic rings. The van der Waals surface area contributed by atoms with Crippen molar-refractivity contribution in [1.29, 1.82) is 0 Å². The zero-order valence-corrected chi connectivity index (χ0v) is 16.8. The SMILES string of the molecule is NC(=O)CCn1c(Cc2cccc3ccccc23)nc2sc3c(c2c1=O)CCC3. The highest BCUT2D eigenvalue weighted by Crippen LogP contribution is 2.35. The van der Waals surface area contributed by atoms with Crippen LogP contribution in [0.1, 0.15) is 34.7 Å². The van der Waals surface area contributed by atoms with Gasteiger partial charge in [0.2, 0.25) is 5.91 Å². The average Bonchev–Trinajstić information content (AvgIpc) is 3.28. The second-order valence-electron chi connectivity index (χ2n) is 7.55. The molecule has 1 amide bonds. The molecule has 2 aromatic heterocycles. The van der Waals surface area contributed by atoms with E-state index in [-0.39, 0.29) is 18.5 Å². The van der Waals surface area contributed by atoms with Crippen LogP contribution in [0.3, 0.4) is 0 Å². The van der Waals surface area contributed by atoms with Crippen molar-refractivity contribution < 1.29 is 4.79 Å². The first-order chi connectivity index (χ1) is 14.1. The van der Waals surface area contributed by atoms with E-state index in [1.54, 1.807) is 15.9 Å². The third-order valence-electron chi connectivity index (χ3n) is 5.71. The Bertz CT molecular complexity index is 1310. The van der Waals surface area contributed by atoms with E-state index in [4.69, 9.17) is 10.7 Å². The van der Waals surface area contributed by atoms with Gasteiger partial charge < -0.3 is 5.73 Å². The van der Waals surface area contributed by atoms with Crippen molar-refractivity contribution in [3.63, 3.8) is 0 Å². The highest BCUT2D eigenvalue weighted by Gasteiger charge is 2.23. The topological polar surface area (TPSA) is 78.0 Å². The summed E-state index contributed by atoms with van der Waals surface area (Å²) in [6.45, 7) is 0.266. The van der Waals surface area contributed by atoms with Crippen LogP contribution in [0, 0.1) is 0 Å². The van der Waals surface area contributed by atoms with Crippen LogP contribution in [-0.4, -0.2) is 15.5 Å². The van der Waals surface area contributed by atoms with E-state index in [2.05, 4.69) is 24.3 Å². The van der Waals surface area contributed by atoms with E-state index in [9.17, 15) is 9.59 Å². The molecule has 0 bridgehead atoms. The molecule has 0 fully saturated rings. The number of carbonyl (C=O) groups excluding carboxylic acids is 1. The number of benzene rings is 2. The fourth-order valence-electron chi connectivity index (χ4n) is 4.32. The standard InChI is InChI=1S/C23H21N3O2S/c24-19(27)11-12-26-20(13-15-7-3-6-14-5-1-2-8-16(14)15)25-22-21(23(26)28)17-9-4-10-18(17)29-22/h1-3,5-8H,4,9-13H2,(H2,24,27). The molecule has 2 heterocycles. The minimum Gasteiger partial charge on any atom is -0.370 e. The summed E-state index contributed by atoms with van der Waals surface area (Å²) in [6, 6.07) is 14.4. The van der Waals surface area contributed by atoms with Crippen LogP contribution in [0.4, 0.5) is 0 Å². The number of thiophene rings is 1. The number of nitrogens with two attached hydrogens (primary N) is 1. The normalized spacial score (nSPS) is 13.2. The van der Waals surface area contributed by atoms with Crippen molar-refractivity contribution >= 4 is 38.2 Å². The number of rotatable bonds is 5. The predicted molar refractivity (Wildman–Crippen MR) is 116 cm³/mol. The lowest BCUT2D eigenvalue weighted by Gasteiger charge is -2.13. The fourth-order valence-corrected chi connectivity index (χ4v) is 5.59. The summed E-state index contributed by atoms with van der Waals surface area (Å²) in [5.74, 6) is 0.281. The Kier molecular flexibility index (Phi) is 4.43. The second kappa shape index (κ2) is 7.12. The van der Waals surface area contributed by atoms with E-state index in [1.807, 2.05) is 18.2 Å². The zero-order valence-electron chi connectivity index (χ0n) is 16.0. The average molecular weight is 404 g/mol. The Hall–Kier alpha value is -2.99. The van der Waals surface area contributed by atoms with Gasteiger partial charge in [0, 0.05) is 24.3 Å². The zero-order chi connectivity index (χ0) is 20.0. The molecule has 2 aromatic carbocycles. The highest BCUT2D eigenvalue weighted by molar-refractivity contribution is 7.18. The van der Waals surface area contributed by atoms with Crippen LogP contribution in [0.25, 0.3) is 21.0 Å². The van der Waals surface area contributed by atoms with Gasteiger partial charge in [0.05, 0.1) is 5.39 Å². The summed E-state index contributed by atoms with van der Waals surface area (Å²) in [5.41, 5.74) is 7.62. The van der Waals surface area contributed by atoms with Gasteiger partial charge in [-0.15, -0.1) is 11.3 Å². The minimum absolute atomic E-state index is 0.0362. The number of carbonyl (C=O) groups is 1. The van der Waals surface area contributed by atoms with Gasteiger partial charge >= 0.3 is 0 Å². The fraction of sp³-hybridized carbons (Fsp3) is 0.261. The third-order valence-corrected chi connectivity index (χ3v) is 6.90. The lowest BCUT2D eigenvalue weighted by Crippen LogP contribution is -2.28. The molecule has 0 saturated heterocycles. The Balaban J connectivity index is 1.68. The molecular weight excluding hydrogens is 382 g/mol. The van der Waals surface area contributed by atoms with Crippen LogP contribution < -0.4 is 11.3 Å². The monoisotopic (exact) mass is 403 g/mol. The summed E-state index contributed by atoms with van der Waals surface area (Å²) in [4.78, 5) is 31.9. The molecule has 0 saturated carbocycles. The third kappa shape index (κ3) is 3.13. The quantitative estimate of drug-likeness (QED) is 0.553. The smallest absolute Gasteiger partial charge is 0.262 e. The molecule has 146 valence electrons. The number of aromatic nitrogens is 2. The number of fused-ring (bicyclic) bond motifs is 4. The maximum Gasteiger partial charge on any atom is 0.262 e. The van der Waals surface area contributed by atoms with Gasteiger partial charge in [0.15, 0.2) is 0 Å². The van der Waals surface area contributed by atoms with Crippen molar-refractivity contribution in [2.45, 2.75) is 38.6 Å². The van der Waals surface area contributed by atoms with E-state index < -0.39 is 5.91 Å². The van der Waals surface area contributed by atoms with Crippen LogP contribution >= 0.6 is 11.3 Å². The summed E-state index contributed by atoms with van der Waals surface area (Å²) in [7, 11) is 0. The first-order valence-corrected chi connectivity index (χ1v) is 10.7. The molecule has 0 spiro atoms. The van der Waals surface area contributed by atoms with Gasteiger partial charge in [0.1, 0.15) is 10.7 Å². The van der Waals surface area contributed by atoms with Crippen molar-refractivity contribution in [2.24, 2.45) is 5.73 Å². The Morgan fingerprint density at radius 1 is 1.14 bits per heavy atom. The molecule has 2 N–H and O–H groups in total. The van der Waals surface area contributed by atoms with Crippen LogP contribution in [-0.2, 0) is 30.6 Å². The first-order valence-electron chi connectivity index (χ1n) is 9.90. The Morgan fingerprint density at radius 3 is 2.83 bits per heavy atom. The number of primary amides is 1. The largest absolute Gasteiger partial charge is 0.370 e. The van der Waals surface area contributed by atoms with E-state index in [1.165, 1.54) is 4.88 Å².